The van der Waals surface area contributed by atoms with Crippen LogP contribution in [0.25, 0.3) is 0 Å². The van der Waals surface area contributed by atoms with Crippen LogP contribution in [0.3, 0.4) is 0 Å². The fourth-order valence-corrected chi connectivity index (χ4v) is 1.34. The van der Waals surface area contributed by atoms with E-state index < -0.39 is 13.0 Å². The van der Waals surface area contributed by atoms with Gasteiger partial charge in [-0.3, -0.25) is 5.01 Å². The first-order valence-corrected chi connectivity index (χ1v) is 5.15. The number of nitroso groups, excluding NO2 is 1. The van der Waals surface area contributed by atoms with Crippen molar-refractivity contribution in [2.24, 2.45) is 5.29 Å². The summed E-state index contributed by atoms with van der Waals surface area (Å²) in [5, 5.41) is 2.93. The Morgan fingerprint density at radius 3 is 1.65 bits per heavy atom. The molecule has 0 amide bonds. The molecule has 0 radical (unpaired) electrons. The molecule has 0 unspecified atom stereocenters. The molecule has 0 heterocycles. The molecule has 0 aliphatic rings. The van der Waals surface area contributed by atoms with Crippen LogP contribution in [0.4, 0.5) is 0 Å². The van der Waals surface area contributed by atoms with Crippen LogP contribution in [0.1, 0.15) is 16.6 Å². The van der Waals surface area contributed by atoms with Crippen LogP contribution in [-0.4, -0.2) is 5.01 Å². The van der Waals surface area contributed by atoms with E-state index >= 15 is 0 Å². The Morgan fingerprint density at radius 2 is 1.29 bits per heavy atom. The molecule has 0 fully saturated rings. The molecule has 0 aromatic heterocycles. The van der Waals surface area contributed by atoms with E-state index in [0.717, 1.165) is 0 Å². The minimum absolute atomic E-state index is 0.157. The summed E-state index contributed by atoms with van der Waals surface area (Å²) in [7, 11) is 0. The normalized spacial score (nSPS) is 15.1. The highest BCUT2D eigenvalue weighted by Gasteiger charge is 2.04. The van der Waals surface area contributed by atoms with Crippen LogP contribution in [0.5, 0.6) is 0 Å². The third-order valence-corrected chi connectivity index (χ3v) is 2.10. The molecule has 0 bridgehead atoms. The summed E-state index contributed by atoms with van der Waals surface area (Å²) in [5.41, 5.74) is 0.314. The molecule has 0 saturated heterocycles. The van der Waals surface area contributed by atoms with Gasteiger partial charge < -0.3 is 0 Å². The number of hydrogen-bond donors (Lipinski definition) is 0. The third-order valence-electron chi connectivity index (χ3n) is 2.10. The fraction of sp³-hybridized carbons (Fsp3) is 0.143. The average Bonchev–Trinajstić information content (AvgIpc) is 2.49. The van der Waals surface area contributed by atoms with Crippen molar-refractivity contribution in [3.05, 3.63) is 76.7 Å². The summed E-state index contributed by atoms with van der Waals surface area (Å²) < 4.78 is 32.4. The van der Waals surface area contributed by atoms with Crippen molar-refractivity contribution in [2.45, 2.75) is 13.0 Å². The van der Waals surface area contributed by atoms with E-state index in [9.17, 15) is 4.91 Å². The second-order valence-corrected chi connectivity index (χ2v) is 3.35. The van der Waals surface area contributed by atoms with Gasteiger partial charge in [0.25, 0.3) is 0 Å². The van der Waals surface area contributed by atoms with Crippen molar-refractivity contribution in [1.82, 2.24) is 5.01 Å². The topological polar surface area (TPSA) is 32.7 Å². The highest BCUT2D eigenvalue weighted by molar-refractivity contribution is 5.16. The predicted octanol–water partition coefficient (Wildman–Crippen LogP) is 3.37. The Morgan fingerprint density at radius 1 is 0.882 bits per heavy atom. The first-order chi connectivity index (χ1) is 9.90. The van der Waals surface area contributed by atoms with Crippen molar-refractivity contribution in [3.63, 3.8) is 0 Å². The van der Waals surface area contributed by atoms with Gasteiger partial charge in [-0.2, -0.15) is 0 Å². The number of nitrogens with zero attached hydrogens (tertiary/aromatic N) is 2. The van der Waals surface area contributed by atoms with E-state index in [4.69, 9.17) is 5.48 Å². The van der Waals surface area contributed by atoms with E-state index in [-0.39, 0.29) is 11.1 Å². The molecule has 3 heteroatoms. The van der Waals surface area contributed by atoms with Crippen LogP contribution in [-0.2, 0) is 13.0 Å². The van der Waals surface area contributed by atoms with E-state index in [1.54, 1.807) is 36.4 Å². The first-order valence-electron chi connectivity index (χ1n) is 7.15. The molecule has 0 atom stereocenters. The van der Waals surface area contributed by atoms with Crippen molar-refractivity contribution in [2.75, 3.05) is 0 Å². The summed E-state index contributed by atoms with van der Waals surface area (Å²) in [6, 6.07) is 15.8. The smallest absolute Gasteiger partial charge is 0.0646 e. The number of hydrogen-bond acceptors (Lipinski definition) is 2. The molecule has 17 heavy (non-hydrogen) atoms. The Kier molecular flexibility index (Phi) is 2.46. The zero-order valence-electron chi connectivity index (χ0n) is 13.1. The quantitative estimate of drug-likeness (QED) is 0.582. The van der Waals surface area contributed by atoms with Crippen LogP contribution in [0, 0.1) is 4.91 Å². The van der Waals surface area contributed by atoms with Crippen LogP contribution in [0.2, 0.25) is 0 Å². The minimum atomic E-state index is -2.37. The van der Waals surface area contributed by atoms with E-state index in [1.807, 2.05) is 0 Å². The molecule has 0 saturated carbocycles. The maximum atomic E-state index is 11.1. The van der Waals surface area contributed by atoms with Gasteiger partial charge in [0.05, 0.1) is 23.8 Å². The van der Waals surface area contributed by atoms with Gasteiger partial charge in [0.1, 0.15) is 0 Å². The van der Waals surface area contributed by atoms with Gasteiger partial charge in [-0.25, -0.2) is 0 Å². The number of benzene rings is 2. The highest BCUT2D eigenvalue weighted by Crippen LogP contribution is 2.09. The monoisotopic (exact) mass is 230 g/mol. The van der Waals surface area contributed by atoms with Gasteiger partial charge in [-0.15, -0.1) is 4.91 Å². The lowest BCUT2D eigenvalue weighted by Gasteiger charge is -2.15. The largest absolute Gasteiger partial charge is 0.252 e. The molecule has 3 nitrogen and oxygen atoms in total. The van der Waals surface area contributed by atoms with Gasteiger partial charge in [-0.1, -0.05) is 60.7 Å². The lowest BCUT2D eigenvalue weighted by Crippen LogP contribution is -2.15. The summed E-state index contributed by atoms with van der Waals surface area (Å²) in [6.45, 7) is -4.75. The SMILES string of the molecule is [2H]C([2H])(c1ccccc1)N(N=O)C([2H])([2H])c1ccccc1. The van der Waals surface area contributed by atoms with Crippen molar-refractivity contribution in [1.29, 1.82) is 0 Å². The Bertz CT molecular complexity index is 553. The van der Waals surface area contributed by atoms with Gasteiger partial charge in [0.2, 0.25) is 0 Å². The zero-order valence-corrected chi connectivity index (χ0v) is 9.08. The maximum absolute atomic E-state index is 11.1. The molecule has 0 aliphatic heterocycles. The lowest BCUT2D eigenvalue weighted by molar-refractivity contribution is 0.266. The molecule has 2 rings (SSSR count). The van der Waals surface area contributed by atoms with E-state index in [0.29, 0.717) is 5.01 Å². The summed E-state index contributed by atoms with van der Waals surface area (Å²) >= 11 is 0. The van der Waals surface area contributed by atoms with Gasteiger partial charge >= 0.3 is 0 Å². The minimum Gasteiger partial charge on any atom is -0.252 e. The molecule has 86 valence electrons. The van der Waals surface area contributed by atoms with Gasteiger partial charge in [0, 0.05) is 0 Å². The Balaban J connectivity index is 2.46. The van der Waals surface area contributed by atoms with Gasteiger partial charge in [0.15, 0.2) is 0 Å². The Labute approximate surface area is 106 Å². The van der Waals surface area contributed by atoms with Crippen molar-refractivity contribution >= 4 is 0 Å². The average molecular weight is 230 g/mol. The Hall–Kier alpha value is -2.16. The van der Waals surface area contributed by atoms with Crippen LogP contribution >= 0.6 is 0 Å². The molecule has 2 aromatic carbocycles. The lowest BCUT2D eigenvalue weighted by atomic mass is 10.2. The predicted molar refractivity (Wildman–Crippen MR) is 67.9 cm³/mol. The second-order valence-electron chi connectivity index (χ2n) is 3.35. The molecule has 0 spiro atoms. The second kappa shape index (κ2) is 5.80. The molecule has 0 aliphatic carbocycles. The zero-order chi connectivity index (χ0) is 15.5. The molecular weight excluding hydrogens is 212 g/mol. The summed E-state index contributed by atoms with van der Waals surface area (Å²) in [5.74, 6) is 0. The summed E-state index contributed by atoms with van der Waals surface area (Å²) in [4.78, 5) is 11.1. The summed E-state index contributed by atoms with van der Waals surface area (Å²) in [6.07, 6.45) is 0. The molecule has 2 aromatic rings. The molecule has 0 N–H and O–H groups in total. The van der Waals surface area contributed by atoms with E-state index in [2.05, 4.69) is 5.29 Å². The number of rotatable bonds is 5. The maximum Gasteiger partial charge on any atom is 0.0646 e. The van der Waals surface area contributed by atoms with Crippen molar-refractivity contribution in [3.8, 4) is 0 Å². The van der Waals surface area contributed by atoms with Crippen LogP contribution in [0.15, 0.2) is 65.9 Å². The van der Waals surface area contributed by atoms with E-state index in [1.165, 1.54) is 24.3 Å². The van der Waals surface area contributed by atoms with Gasteiger partial charge in [-0.05, 0) is 11.1 Å². The standard InChI is InChI=1S/C14H14N2O/c17-15-16(11-13-7-3-1-4-8-13)12-14-9-5-2-6-10-14/h1-10H,11-12H2/i11D2,12D2. The van der Waals surface area contributed by atoms with Crippen LogP contribution < -0.4 is 0 Å². The van der Waals surface area contributed by atoms with Crippen molar-refractivity contribution < 1.29 is 5.48 Å². The fourth-order valence-electron chi connectivity index (χ4n) is 1.34. The highest BCUT2D eigenvalue weighted by atomic mass is 16.3. The molecular formula is C14H14N2O. The first kappa shape index (κ1) is 7.22. The third kappa shape index (κ3) is 3.41.